The number of hydrogen-bond acceptors (Lipinski definition) is 5. The van der Waals surface area contributed by atoms with E-state index in [0.717, 1.165) is 0 Å². The number of rotatable bonds is 5. The molecule has 0 bridgehead atoms. The van der Waals surface area contributed by atoms with Crippen molar-refractivity contribution in [1.29, 1.82) is 0 Å². The normalized spacial score (nSPS) is 15.5. The summed E-state index contributed by atoms with van der Waals surface area (Å²) in [5, 5.41) is 11.8. The fraction of sp³-hybridized carbons (Fsp3) is 0.625. The lowest BCUT2D eigenvalue weighted by Crippen LogP contribution is -2.36. The van der Waals surface area contributed by atoms with Crippen LogP contribution < -0.4 is 11.5 Å². The minimum Gasteiger partial charge on any atom is -0.378 e. The van der Waals surface area contributed by atoms with Gasteiger partial charge < -0.3 is 10.8 Å². The van der Waals surface area contributed by atoms with Crippen LogP contribution in [0.15, 0.2) is 0 Å². The van der Waals surface area contributed by atoms with Crippen LogP contribution in [0.2, 0.25) is 0 Å². The second kappa shape index (κ2) is 6.74. The smallest absolute Gasteiger partial charge is 0.378 e. The molecule has 0 radical (unpaired) electrons. The second-order valence-electron chi connectivity index (χ2n) is 2.91. The maximum absolute atomic E-state index is 11.1. The molecule has 0 heterocycles. The van der Waals surface area contributed by atoms with E-state index in [0.29, 0.717) is 0 Å². The molecule has 0 spiro atoms. The molecule has 3 atom stereocenters. The third-order valence-electron chi connectivity index (χ3n) is 1.82. The summed E-state index contributed by atoms with van der Waals surface area (Å²) in [6.45, 7) is 9.57. The molecule has 0 fully saturated rings. The fourth-order valence-corrected chi connectivity index (χ4v) is 0.973. The van der Waals surface area contributed by atoms with E-state index >= 15 is 0 Å². The Labute approximate surface area is 87.2 Å². The van der Waals surface area contributed by atoms with Gasteiger partial charge in [-0.3, -0.25) is 5.73 Å². The molecule has 15 heavy (non-hydrogen) atoms. The maximum Gasteiger partial charge on any atom is 0.406 e. The third kappa shape index (κ3) is 4.93. The number of aliphatic hydroxyl groups excluding tert-OH is 1. The average Bonchev–Trinajstić information content (AvgIpc) is 2.17. The largest absolute Gasteiger partial charge is 0.406 e. The molecule has 0 aliphatic rings. The van der Waals surface area contributed by atoms with Crippen LogP contribution in [0.3, 0.4) is 0 Å². The number of hydrogen-bond donors (Lipinski definition) is 3. The van der Waals surface area contributed by atoms with Gasteiger partial charge >= 0.3 is 18.7 Å². The van der Waals surface area contributed by atoms with Gasteiger partial charge in [0, 0.05) is 6.42 Å². The summed E-state index contributed by atoms with van der Waals surface area (Å²) in [6.07, 6.45) is -1.53. The van der Waals surface area contributed by atoms with Crippen LogP contribution >= 0.6 is 0 Å². The fourth-order valence-electron chi connectivity index (χ4n) is 0.973. The van der Waals surface area contributed by atoms with E-state index in [4.69, 9.17) is 23.1 Å². The van der Waals surface area contributed by atoms with E-state index in [1.807, 2.05) is 0 Å². The van der Waals surface area contributed by atoms with Crippen LogP contribution in [0.4, 0.5) is 0 Å². The Morgan fingerprint density at radius 3 is 2.40 bits per heavy atom. The number of aliphatic hydroxyl groups is 1. The van der Waals surface area contributed by atoms with E-state index in [1.54, 1.807) is 0 Å². The molecule has 82 valence electrons. The van der Waals surface area contributed by atoms with Crippen molar-refractivity contribution < 1.29 is 14.7 Å². The first-order valence-electron chi connectivity index (χ1n) is 4.23. The van der Waals surface area contributed by atoms with Gasteiger partial charge in [-0.25, -0.2) is 4.79 Å². The van der Waals surface area contributed by atoms with E-state index in [2.05, 4.69) is 21.3 Å². The van der Waals surface area contributed by atoms with Crippen LogP contribution in [0.5, 0.6) is 0 Å². The highest BCUT2D eigenvalue weighted by atomic mass is 16.7. The minimum atomic E-state index is -1.37. The van der Waals surface area contributed by atoms with Crippen LogP contribution in [-0.4, -0.2) is 23.5 Å². The first-order valence-corrected chi connectivity index (χ1v) is 4.23. The monoisotopic (exact) mass is 214 g/mol. The maximum atomic E-state index is 11.1. The Kier molecular flexibility index (Phi) is 5.99. The molecule has 0 amide bonds. The second-order valence-corrected chi connectivity index (χ2v) is 2.91. The lowest BCUT2D eigenvalue weighted by molar-refractivity contribution is -0.147. The number of nitrogens with zero attached hydrogens (tertiary/aromatic N) is 2. The van der Waals surface area contributed by atoms with Gasteiger partial charge in [0.1, 0.15) is 12.1 Å². The van der Waals surface area contributed by atoms with Crippen LogP contribution in [0, 0.1) is 19.1 Å². The van der Waals surface area contributed by atoms with E-state index in [9.17, 15) is 4.79 Å². The highest BCUT2D eigenvalue weighted by Crippen LogP contribution is 2.13. The standard InChI is InChI=1S/C8H14N4O3/c1-11-6(9)4-3-5(7(10)13)8(14)15-12-2/h1-2,5-7,13H,3-4,9-10H2/q+2/t5-,6?,7+/m0/s1. The number of nitrogens with two attached hydrogens (primary N) is 2. The van der Waals surface area contributed by atoms with Gasteiger partial charge in [0.25, 0.3) is 6.57 Å². The Morgan fingerprint density at radius 2 is 2.00 bits per heavy atom. The molecular formula is C8H14N4O3+2. The first-order chi connectivity index (χ1) is 7.02. The van der Waals surface area contributed by atoms with Gasteiger partial charge in [-0.15, -0.1) is 0 Å². The summed E-state index contributed by atoms with van der Waals surface area (Å²) in [7, 11) is 0. The van der Waals surface area contributed by atoms with Crippen molar-refractivity contribution in [3.05, 3.63) is 9.85 Å². The molecule has 0 saturated heterocycles. The van der Waals surface area contributed by atoms with E-state index < -0.39 is 24.3 Å². The highest BCUT2D eigenvalue weighted by Gasteiger charge is 2.31. The van der Waals surface area contributed by atoms with Gasteiger partial charge in [0.05, 0.1) is 0 Å². The summed E-state index contributed by atoms with van der Waals surface area (Å²) in [4.78, 5) is 18.6. The van der Waals surface area contributed by atoms with Crippen LogP contribution in [-0.2, 0) is 9.63 Å². The lowest BCUT2D eigenvalue weighted by atomic mass is 10.0. The molecule has 0 aromatic carbocycles. The molecule has 7 nitrogen and oxygen atoms in total. The molecule has 0 aromatic heterocycles. The van der Waals surface area contributed by atoms with Gasteiger partial charge in [-0.2, -0.15) is 0 Å². The van der Waals surface area contributed by atoms with Gasteiger partial charge in [-0.1, -0.05) is 9.68 Å². The third-order valence-corrected chi connectivity index (χ3v) is 1.82. The summed E-state index contributed by atoms with van der Waals surface area (Å²) >= 11 is 0. The van der Waals surface area contributed by atoms with Crippen molar-refractivity contribution in [1.82, 2.24) is 0 Å². The molecule has 0 aliphatic heterocycles. The molecule has 0 aromatic rings. The zero-order valence-corrected chi connectivity index (χ0v) is 8.11. The number of carbonyl (C=O) groups excluding carboxylic acids is 1. The summed E-state index contributed by atoms with van der Waals surface area (Å²) in [5.41, 5.74) is 10.5. The van der Waals surface area contributed by atoms with Gasteiger partial charge in [0.15, 0.2) is 0 Å². The highest BCUT2D eigenvalue weighted by molar-refractivity contribution is 5.73. The van der Waals surface area contributed by atoms with Gasteiger partial charge in [0.2, 0.25) is 5.01 Å². The Hall–Kier alpha value is -1.67. The summed E-state index contributed by atoms with van der Waals surface area (Å²) < 4.78 is 0. The minimum absolute atomic E-state index is 0.174. The average molecular weight is 214 g/mol. The molecule has 0 aliphatic carbocycles. The number of carbonyl (C=O) groups is 1. The van der Waals surface area contributed by atoms with Gasteiger partial charge in [-0.05, 0) is 6.42 Å². The zero-order chi connectivity index (χ0) is 11.8. The Balaban J connectivity index is 4.25. The van der Waals surface area contributed by atoms with Crippen molar-refractivity contribution in [2.75, 3.05) is 0 Å². The van der Waals surface area contributed by atoms with Crippen molar-refractivity contribution in [3.63, 3.8) is 0 Å². The first kappa shape index (κ1) is 13.3. The molecule has 0 saturated carbocycles. The van der Waals surface area contributed by atoms with Crippen molar-refractivity contribution in [3.8, 4) is 13.1 Å². The summed E-state index contributed by atoms with van der Waals surface area (Å²) in [5.74, 6) is -1.78. The van der Waals surface area contributed by atoms with Crippen LogP contribution in [0.25, 0.3) is 9.85 Å². The SMILES string of the molecule is C#[N+]OC(=O)[C@@H](CCC(N)[N+]#C)[C@H](N)O. The topological polar surface area (TPSA) is 107 Å². The lowest BCUT2D eigenvalue weighted by Gasteiger charge is -2.12. The molecule has 0 rings (SSSR count). The molecule has 5 N–H and O–H groups in total. The predicted molar refractivity (Wildman–Crippen MR) is 53.6 cm³/mol. The Bertz CT molecular complexity index is 291. The molecule has 1 unspecified atom stereocenters. The summed E-state index contributed by atoms with van der Waals surface area (Å²) in [6, 6.07) is 0. The molecule has 7 heteroatoms. The van der Waals surface area contributed by atoms with Crippen molar-refractivity contribution in [2.45, 2.75) is 25.2 Å². The van der Waals surface area contributed by atoms with E-state index in [1.165, 1.54) is 0 Å². The predicted octanol–water partition coefficient (Wildman–Crippen LogP) is -0.672. The van der Waals surface area contributed by atoms with Crippen LogP contribution in [0.1, 0.15) is 12.8 Å². The van der Waals surface area contributed by atoms with Crippen molar-refractivity contribution >= 4 is 5.97 Å². The van der Waals surface area contributed by atoms with E-state index in [-0.39, 0.29) is 12.8 Å². The zero-order valence-electron chi connectivity index (χ0n) is 8.11. The Morgan fingerprint density at radius 1 is 1.40 bits per heavy atom. The molecular weight excluding hydrogens is 200 g/mol. The quantitative estimate of drug-likeness (QED) is 0.415. The van der Waals surface area contributed by atoms with Crippen molar-refractivity contribution in [2.24, 2.45) is 17.4 Å².